The van der Waals surface area contributed by atoms with E-state index >= 15 is 0 Å². The van der Waals surface area contributed by atoms with Gasteiger partial charge in [-0.2, -0.15) is 5.16 Å². The summed E-state index contributed by atoms with van der Waals surface area (Å²) in [5.41, 5.74) is -2.22. The monoisotopic (exact) mass is 376 g/mol. The molecule has 27 heavy (non-hydrogen) atoms. The van der Waals surface area contributed by atoms with Gasteiger partial charge >= 0.3 is 16.8 Å². The van der Waals surface area contributed by atoms with Gasteiger partial charge in [0, 0.05) is 5.57 Å². The maximum absolute atomic E-state index is 12.1. The number of nitro groups is 1. The first-order valence-corrected chi connectivity index (χ1v) is 8.37. The maximum Gasteiger partial charge on any atom is 0.353 e. The molecule has 11 nitrogen and oxygen atoms in total. The smallest absolute Gasteiger partial charge is 0.353 e. The second kappa shape index (κ2) is 5.91. The third-order valence-corrected chi connectivity index (χ3v) is 5.16. The van der Waals surface area contributed by atoms with Gasteiger partial charge in [-0.1, -0.05) is 0 Å². The SMILES string of the molecule is Cc1o[nH]c(=O)c1COC1([N+](=O)[O-])Cc2[nH]c(=O)c(=O)[nH]c2C2=C1CCC2. The summed E-state index contributed by atoms with van der Waals surface area (Å²) in [7, 11) is 0. The lowest BCUT2D eigenvalue weighted by molar-refractivity contribution is -0.619. The van der Waals surface area contributed by atoms with Crippen LogP contribution in [-0.2, 0) is 17.8 Å². The Balaban J connectivity index is 1.83. The molecule has 2 aromatic rings. The van der Waals surface area contributed by atoms with E-state index in [0.29, 0.717) is 36.1 Å². The Labute approximate surface area is 150 Å². The van der Waals surface area contributed by atoms with E-state index in [9.17, 15) is 24.5 Å². The van der Waals surface area contributed by atoms with Gasteiger partial charge in [0.25, 0.3) is 5.56 Å². The molecule has 11 heteroatoms. The van der Waals surface area contributed by atoms with Gasteiger partial charge in [0.05, 0.1) is 34.9 Å². The minimum Gasteiger partial charge on any atom is -0.383 e. The van der Waals surface area contributed by atoms with Crippen molar-refractivity contribution in [1.29, 1.82) is 0 Å². The molecule has 0 aromatic carbocycles. The van der Waals surface area contributed by atoms with Crippen molar-refractivity contribution < 1.29 is 14.2 Å². The molecular formula is C16H16N4O7. The zero-order valence-electron chi connectivity index (χ0n) is 14.3. The minimum absolute atomic E-state index is 0.164. The normalized spacial score (nSPS) is 21.2. The molecule has 0 saturated carbocycles. The quantitative estimate of drug-likeness (QED) is 0.299. The van der Waals surface area contributed by atoms with Crippen LogP contribution in [-0.4, -0.2) is 25.8 Å². The van der Waals surface area contributed by atoms with Gasteiger partial charge in [-0.05, 0) is 31.8 Å². The van der Waals surface area contributed by atoms with Crippen LogP contribution in [0, 0.1) is 17.0 Å². The van der Waals surface area contributed by atoms with Gasteiger partial charge in [-0.3, -0.25) is 24.5 Å². The van der Waals surface area contributed by atoms with Gasteiger partial charge < -0.3 is 19.2 Å². The van der Waals surface area contributed by atoms with Crippen LogP contribution in [0.3, 0.4) is 0 Å². The molecule has 0 amide bonds. The predicted octanol–water partition coefficient (Wildman–Crippen LogP) is 0.336. The van der Waals surface area contributed by atoms with Crippen LogP contribution in [0.4, 0.5) is 0 Å². The third-order valence-electron chi connectivity index (χ3n) is 5.16. The number of nitrogens with one attached hydrogen (secondary N) is 3. The lowest BCUT2D eigenvalue weighted by Crippen LogP contribution is -2.49. The van der Waals surface area contributed by atoms with Crippen LogP contribution >= 0.6 is 0 Å². The molecule has 142 valence electrons. The Kier molecular flexibility index (Phi) is 3.77. The molecule has 2 heterocycles. The molecule has 2 aliphatic carbocycles. The number of ether oxygens (including phenoxy) is 1. The number of hydrogen-bond donors (Lipinski definition) is 3. The molecule has 0 aliphatic heterocycles. The van der Waals surface area contributed by atoms with Crippen LogP contribution in [0.15, 0.2) is 24.5 Å². The molecule has 2 aromatic heterocycles. The van der Waals surface area contributed by atoms with E-state index in [1.54, 1.807) is 6.92 Å². The summed E-state index contributed by atoms with van der Waals surface area (Å²) in [4.78, 5) is 51.7. The molecular weight excluding hydrogens is 360 g/mol. The number of aryl methyl sites for hydroxylation is 1. The fourth-order valence-electron chi connectivity index (χ4n) is 3.82. The van der Waals surface area contributed by atoms with Gasteiger partial charge in [-0.15, -0.1) is 0 Å². The van der Waals surface area contributed by atoms with Crippen molar-refractivity contribution >= 4 is 5.57 Å². The Bertz CT molecular complexity index is 1150. The summed E-state index contributed by atoms with van der Waals surface area (Å²) in [5.74, 6) is 0.285. The molecule has 0 radical (unpaired) electrons. The minimum atomic E-state index is -1.92. The highest BCUT2D eigenvalue weighted by Crippen LogP contribution is 2.46. The number of H-pyrrole nitrogens is 3. The van der Waals surface area contributed by atoms with Gasteiger partial charge in [0.2, 0.25) is 0 Å². The predicted molar refractivity (Wildman–Crippen MR) is 90.7 cm³/mol. The van der Waals surface area contributed by atoms with Gasteiger partial charge in [0.15, 0.2) is 0 Å². The Morgan fingerprint density at radius 3 is 2.59 bits per heavy atom. The molecule has 0 bridgehead atoms. The van der Waals surface area contributed by atoms with Gasteiger partial charge in [-0.25, -0.2) is 0 Å². The van der Waals surface area contributed by atoms with Crippen LogP contribution in [0.25, 0.3) is 5.57 Å². The molecule has 2 aliphatic rings. The maximum atomic E-state index is 12.1. The Morgan fingerprint density at radius 2 is 1.93 bits per heavy atom. The Morgan fingerprint density at radius 1 is 1.19 bits per heavy atom. The first-order chi connectivity index (χ1) is 12.8. The van der Waals surface area contributed by atoms with Crippen molar-refractivity contribution in [2.75, 3.05) is 0 Å². The second-order valence-corrected chi connectivity index (χ2v) is 6.65. The fourth-order valence-corrected chi connectivity index (χ4v) is 3.82. The third kappa shape index (κ3) is 2.50. The average molecular weight is 376 g/mol. The number of nitrogens with zero attached hydrogens (tertiary/aromatic N) is 1. The standard InChI is InChI=1S/C16H16N4O7/c1-7-9(13(21)19-27-7)6-26-16(20(24)25)5-11-12(8-3-2-4-10(8)16)18-15(23)14(22)17-11/h2-6H2,1H3,(H,17,22)(H,18,23)(H,19,21). The largest absolute Gasteiger partial charge is 0.383 e. The number of fused-ring (bicyclic) bond motifs is 2. The van der Waals surface area contributed by atoms with Crippen molar-refractivity contribution in [3.63, 3.8) is 0 Å². The van der Waals surface area contributed by atoms with Crippen molar-refractivity contribution in [2.45, 2.75) is 44.9 Å². The van der Waals surface area contributed by atoms with Crippen LogP contribution < -0.4 is 16.7 Å². The van der Waals surface area contributed by atoms with E-state index in [2.05, 4.69) is 15.1 Å². The number of hydrogen-bond acceptors (Lipinski definition) is 7. The van der Waals surface area contributed by atoms with E-state index in [1.165, 1.54) is 0 Å². The van der Waals surface area contributed by atoms with E-state index < -0.39 is 27.3 Å². The van der Waals surface area contributed by atoms with Gasteiger partial charge in [0.1, 0.15) is 5.76 Å². The first-order valence-electron chi connectivity index (χ1n) is 8.37. The summed E-state index contributed by atoms with van der Waals surface area (Å²) in [6, 6.07) is 0. The molecule has 3 N–H and O–H groups in total. The fraction of sp³-hybridized carbons (Fsp3) is 0.438. The summed E-state index contributed by atoms with van der Waals surface area (Å²) in [6.45, 7) is 1.23. The van der Waals surface area contributed by atoms with E-state index in [1.807, 2.05) is 0 Å². The van der Waals surface area contributed by atoms with Crippen LogP contribution in [0.5, 0.6) is 0 Å². The van der Waals surface area contributed by atoms with Crippen molar-refractivity contribution in [3.05, 3.63) is 69.5 Å². The molecule has 0 fully saturated rings. The molecule has 0 spiro atoms. The summed E-state index contributed by atoms with van der Waals surface area (Å²) in [6.07, 6.45) is 1.36. The second-order valence-electron chi connectivity index (χ2n) is 6.65. The number of aromatic nitrogens is 3. The van der Waals surface area contributed by atoms with E-state index in [4.69, 9.17) is 9.26 Å². The number of rotatable bonds is 4. The molecule has 0 saturated heterocycles. The Hall–Kier alpha value is -3.21. The highest BCUT2D eigenvalue weighted by Gasteiger charge is 2.54. The van der Waals surface area contributed by atoms with E-state index in [-0.39, 0.29) is 30.0 Å². The average Bonchev–Trinajstić information content (AvgIpc) is 3.22. The zero-order valence-corrected chi connectivity index (χ0v) is 14.3. The highest BCUT2D eigenvalue weighted by molar-refractivity contribution is 5.73. The summed E-state index contributed by atoms with van der Waals surface area (Å²) < 4.78 is 10.6. The molecule has 1 unspecified atom stereocenters. The van der Waals surface area contributed by atoms with E-state index in [0.717, 1.165) is 0 Å². The zero-order chi connectivity index (χ0) is 19.3. The van der Waals surface area contributed by atoms with Crippen molar-refractivity contribution in [1.82, 2.24) is 15.1 Å². The lowest BCUT2D eigenvalue weighted by Gasteiger charge is -2.31. The summed E-state index contributed by atoms with van der Waals surface area (Å²) >= 11 is 0. The lowest BCUT2D eigenvalue weighted by atomic mass is 9.86. The van der Waals surface area contributed by atoms with Crippen LogP contribution in [0.1, 0.15) is 42.0 Å². The molecule has 4 rings (SSSR count). The van der Waals surface area contributed by atoms with Crippen molar-refractivity contribution in [2.24, 2.45) is 0 Å². The number of aromatic amines is 3. The number of allylic oxidation sites excluding steroid dienone is 1. The summed E-state index contributed by atoms with van der Waals surface area (Å²) in [5, 5.41) is 14.2. The van der Waals surface area contributed by atoms with Crippen molar-refractivity contribution in [3.8, 4) is 0 Å². The van der Waals surface area contributed by atoms with Crippen LogP contribution in [0.2, 0.25) is 0 Å². The first kappa shape index (κ1) is 17.2. The topological polar surface area (TPSA) is 164 Å². The molecule has 1 atom stereocenters. The highest BCUT2D eigenvalue weighted by atomic mass is 16.7.